The first-order valence-corrected chi connectivity index (χ1v) is 12.8. The van der Waals surface area contributed by atoms with Crippen molar-refractivity contribution in [2.75, 3.05) is 59.5 Å². The summed E-state index contributed by atoms with van der Waals surface area (Å²) in [4.78, 5) is 33.3. The van der Waals surface area contributed by atoms with Gasteiger partial charge in [0.25, 0.3) is 5.91 Å². The van der Waals surface area contributed by atoms with E-state index >= 15 is 0 Å². The summed E-state index contributed by atoms with van der Waals surface area (Å²) in [5, 5.41) is 0. The van der Waals surface area contributed by atoms with Crippen LogP contribution in [0.25, 0.3) is 0 Å². The summed E-state index contributed by atoms with van der Waals surface area (Å²) in [6.45, 7) is 1.86. The zero-order valence-electron chi connectivity index (χ0n) is 22.5. The molecule has 1 saturated heterocycles. The lowest BCUT2D eigenvalue weighted by Crippen LogP contribution is -2.53. The number of carbonyl (C=O) groups is 2. The number of methoxy groups -OCH3 is 3. The number of ether oxygens (including phenoxy) is 3. The smallest absolute Gasteiger partial charge is 0.254 e. The summed E-state index contributed by atoms with van der Waals surface area (Å²) in [5.74, 6) is 0.282. The molecule has 2 atom stereocenters. The van der Waals surface area contributed by atoms with E-state index in [0.717, 1.165) is 5.56 Å². The molecule has 1 fully saturated rings. The molecule has 0 spiro atoms. The average Bonchev–Trinajstić information content (AvgIpc) is 2.98. The van der Waals surface area contributed by atoms with Gasteiger partial charge in [0.2, 0.25) is 5.91 Å². The van der Waals surface area contributed by atoms with Gasteiger partial charge >= 0.3 is 0 Å². The van der Waals surface area contributed by atoms with E-state index in [-0.39, 0.29) is 17.6 Å². The summed E-state index contributed by atoms with van der Waals surface area (Å²) in [6.07, 6.45) is 0. The maximum absolute atomic E-state index is 14.4. The lowest BCUT2D eigenvalue weighted by Gasteiger charge is -2.43. The van der Waals surface area contributed by atoms with Gasteiger partial charge in [-0.1, -0.05) is 24.3 Å². The monoisotopic (exact) mass is 533 g/mol. The van der Waals surface area contributed by atoms with Crippen molar-refractivity contribution in [1.29, 1.82) is 0 Å². The Kier molecular flexibility index (Phi) is 7.32. The summed E-state index contributed by atoms with van der Waals surface area (Å²) in [5.41, 5.74) is 2.35. The normalized spacial score (nSPS) is 19.0. The minimum Gasteiger partial charge on any atom is -0.497 e. The summed E-state index contributed by atoms with van der Waals surface area (Å²) in [6, 6.07) is 16.9. The van der Waals surface area contributed by atoms with E-state index in [1.54, 1.807) is 43.3 Å². The fourth-order valence-electron chi connectivity index (χ4n) is 5.61. The number of carbonyl (C=O) groups excluding carboxylic acids is 2. The number of hydrogen-bond acceptors (Lipinski definition) is 6. The summed E-state index contributed by atoms with van der Waals surface area (Å²) >= 11 is 0. The molecule has 2 aliphatic rings. The van der Waals surface area contributed by atoms with E-state index in [2.05, 4.69) is 0 Å². The molecular weight excluding hydrogens is 501 g/mol. The van der Waals surface area contributed by atoms with Gasteiger partial charge in [-0.15, -0.1) is 0 Å². The Hall–Kier alpha value is -4.27. The maximum Gasteiger partial charge on any atom is 0.254 e. The third-order valence-corrected chi connectivity index (χ3v) is 7.68. The topological polar surface area (TPSA) is 71.5 Å². The van der Waals surface area contributed by atoms with Crippen molar-refractivity contribution in [2.45, 2.75) is 12.0 Å². The number of likely N-dealkylation sites (N-methyl/N-ethyl adjacent to an activating group) is 1. The standard InChI is InChI=1S/C30H32FN3O5/c1-32-28(19-9-11-20(37-2)12-10-19)27(21-17-25(38-3)26(39-4)18-22(21)29(32)35)30(36)34-15-13-33(14-16-34)24-8-6-5-7-23(24)31/h5-12,17-18,27-28H,13-16H2,1-4H3/t27-,28-/m0/s1. The lowest BCUT2D eigenvalue weighted by molar-refractivity contribution is -0.134. The SMILES string of the molecule is COc1ccc([C@H]2[C@@H](C(=O)N3CCN(c4ccccc4F)CC3)c3cc(OC)c(OC)cc3C(=O)N2C)cc1. The summed E-state index contributed by atoms with van der Waals surface area (Å²) in [7, 11) is 6.35. The third kappa shape index (κ3) is 4.73. The predicted octanol–water partition coefficient (Wildman–Crippen LogP) is 4.11. The third-order valence-electron chi connectivity index (χ3n) is 7.68. The first-order valence-electron chi connectivity index (χ1n) is 12.8. The summed E-state index contributed by atoms with van der Waals surface area (Å²) < 4.78 is 30.7. The molecule has 5 rings (SSSR count). The molecule has 0 radical (unpaired) electrons. The number of fused-ring (bicyclic) bond motifs is 1. The van der Waals surface area contributed by atoms with Crippen molar-refractivity contribution in [3.8, 4) is 17.2 Å². The Morgan fingerprint density at radius 2 is 1.51 bits per heavy atom. The highest BCUT2D eigenvalue weighted by atomic mass is 19.1. The molecule has 0 aliphatic carbocycles. The molecule has 0 unspecified atom stereocenters. The number of halogens is 1. The van der Waals surface area contributed by atoms with E-state index in [0.29, 0.717) is 60.2 Å². The van der Waals surface area contributed by atoms with Gasteiger partial charge in [0.1, 0.15) is 11.6 Å². The second-order valence-electron chi connectivity index (χ2n) is 9.67. The number of amides is 2. The van der Waals surface area contributed by atoms with Crippen LogP contribution in [-0.4, -0.2) is 76.2 Å². The van der Waals surface area contributed by atoms with Crippen molar-refractivity contribution < 1.29 is 28.2 Å². The van der Waals surface area contributed by atoms with Crippen LogP contribution in [-0.2, 0) is 4.79 Å². The number of rotatable bonds is 6. The number of anilines is 1. The first kappa shape index (κ1) is 26.3. The van der Waals surface area contributed by atoms with Gasteiger partial charge in [0.15, 0.2) is 11.5 Å². The lowest BCUT2D eigenvalue weighted by atomic mass is 9.78. The highest BCUT2D eigenvalue weighted by molar-refractivity contribution is 6.02. The van der Waals surface area contributed by atoms with E-state index in [4.69, 9.17) is 14.2 Å². The maximum atomic E-state index is 14.4. The van der Waals surface area contributed by atoms with Crippen LogP contribution in [0, 0.1) is 5.82 Å². The zero-order chi connectivity index (χ0) is 27.7. The fourth-order valence-corrected chi connectivity index (χ4v) is 5.61. The number of nitrogens with zero attached hydrogens (tertiary/aromatic N) is 3. The van der Waals surface area contributed by atoms with Crippen molar-refractivity contribution in [2.24, 2.45) is 0 Å². The fraction of sp³-hybridized carbons (Fsp3) is 0.333. The quantitative estimate of drug-likeness (QED) is 0.475. The largest absolute Gasteiger partial charge is 0.497 e. The van der Waals surface area contributed by atoms with Gasteiger partial charge in [-0.2, -0.15) is 0 Å². The second-order valence-corrected chi connectivity index (χ2v) is 9.67. The Labute approximate surface area is 227 Å². The van der Waals surface area contributed by atoms with Gasteiger partial charge in [-0.25, -0.2) is 4.39 Å². The number of para-hydroxylation sites is 1. The van der Waals surface area contributed by atoms with Gasteiger partial charge in [-0.3, -0.25) is 9.59 Å². The van der Waals surface area contributed by atoms with Crippen molar-refractivity contribution in [3.63, 3.8) is 0 Å². The molecule has 9 heteroatoms. The molecule has 8 nitrogen and oxygen atoms in total. The van der Waals surface area contributed by atoms with Crippen LogP contribution in [0.15, 0.2) is 60.7 Å². The Balaban J connectivity index is 1.53. The molecule has 2 amide bonds. The number of piperazine rings is 1. The second kappa shape index (κ2) is 10.8. The number of hydrogen-bond donors (Lipinski definition) is 0. The first-order chi connectivity index (χ1) is 18.9. The minimum atomic E-state index is -0.684. The average molecular weight is 534 g/mol. The number of benzene rings is 3. The molecule has 0 saturated carbocycles. The Morgan fingerprint density at radius 3 is 2.13 bits per heavy atom. The molecule has 0 bridgehead atoms. The molecule has 0 N–H and O–H groups in total. The van der Waals surface area contributed by atoms with E-state index < -0.39 is 12.0 Å². The molecule has 3 aromatic carbocycles. The van der Waals surface area contributed by atoms with Crippen molar-refractivity contribution >= 4 is 17.5 Å². The van der Waals surface area contributed by atoms with Crippen LogP contribution in [0.3, 0.4) is 0 Å². The molecule has 39 heavy (non-hydrogen) atoms. The van der Waals surface area contributed by atoms with Crippen LogP contribution in [0.2, 0.25) is 0 Å². The molecular formula is C30H32FN3O5. The van der Waals surface area contributed by atoms with Crippen molar-refractivity contribution in [3.05, 3.63) is 83.2 Å². The van der Waals surface area contributed by atoms with E-state index in [9.17, 15) is 14.0 Å². The van der Waals surface area contributed by atoms with Gasteiger partial charge in [0.05, 0.1) is 39.0 Å². The molecule has 3 aromatic rings. The highest BCUT2D eigenvalue weighted by Crippen LogP contribution is 2.46. The van der Waals surface area contributed by atoms with Crippen LogP contribution in [0.1, 0.15) is 33.4 Å². The van der Waals surface area contributed by atoms with E-state index in [1.807, 2.05) is 40.1 Å². The predicted molar refractivity (Wildman–Crippen MR) is 145 cm³/mol. The minimum absolute atomic E-state index is 0.100. The van der Waals surface area contributed by atoms with E-state index in [1.165, 1.54) is 20.3 Å². The molecule has 2 heterocycles. The van der Waals surface area contributed by atoms with Gasteiger partial charge in [-0.05, 0) is 47.5 Å². The molecule has 2 aliphatic heterocycles. The van der Waals surface area contributed by atoms with Gasteiger partial charge in [0, 0.05) is 38.8 Å². The van der Waals surface area contributed by atoms with Crippen LogP contribution < -0.4 is 19.1 Å². The van der Waals surface area contributed by atoms with Crippen LogP contribution >= 0.6 is 0 Å². The Morgan fingerprint density at radius 1 is 0.872 bits per heavy atom. The van der Waals surface area contributed by atoms with Crippen LogP contribution in [0.4, 0.5) is 10.1 Å². The molecule has 204 valence electrons. The van der Waals surface area contributed by atoms with Crippen LogP contribution in [0.5, 0.6) is 17.2 Å². The molecule has 0 aromatic heterocycles. The Bertz CT molecular complexity index is 1370. The zero-order valence-corrected chi connectivity index (χ0v) is 22.5. The van der Waals surface area contributed by atoms with Gasteiger partial charge < -0.3 is 28.9 Å². The van der Waals surface area contributed by atoms with Crippen molar-refractivity contribution in [1.82, 2.24) is 9.80 Å². The highest BCUT2D eigenvalue weighted by Gasteiger charge is 2.45.